The Balaban J connectivity index is 2.07. The summed E-state index contributed by atoms with van der Waals surface area (Å²) in [7, 11) is 0. The van der Waals surface area contributed by atoms with Gasteiger partial charge in [-0.15, -0.1) is 0 Å². The molecule has 1 aromatic rings. The predicted molar refractivity (Wildman–Crippen MR) is 58.4 cm³/mol. The van der Waals surface area contributed by atoms with Gasteiger partial charge in [-0.1, -0.05) is 23.7 Å². The predicted octanol–water partition coefficient (Wildman–Crippen LogP) is 1.47. The Hall–Kier alpha value is -1.06. The number of aliphatic imine (C=N–C) groups is 1. The van der Waals surface area contributed by atoms with E-state index in [1.165, 1.54) is 5.56 Å². The van der Waals surface area contributed by atoms with E-state index < -0.39 is 0 Å². The van der Waals surface area contributed by atoms with Crippen LogP contribution in [0.3, 0.4) is 0 Å². The fourth-order valence-electron chi connectivity index (χ4n) is 1.45. The van der Waals surface area contributed by atoms with Gasteiger partial charge in [0, 0.05) is 11.4 Å². The molecule has 74 valence electrons. The van der Waals surface area contributed by atoms with Gasteiger partial charge in [-0.2, -0.15) is 0 Å². The van der Waals surface area contributed by atoms with Crippen LogP contribution in [-0.2, 0) is 6.42 Å². The molecule has 0 aromatic heterocycles. The lowest BCUT2D eigenvalue weighted by molar-refractivity contribution is 0.477. The minimum atomic E-state index is 0.756. The molecule has 1 aliphatic rings. The molecule has 0 atom stereocenters. The maximum Gasteiger partial charge on any atom is 0.117 e. The molecule has 0 bridgehead atoms. The molecule has 1 aromatic carbocycles. The Morgan fingerprint density at radius 2 is 2.07 bits per heavy atom. The van der Waals surface area contributed by atoms with E-state index in [1.54, 1.807) is 5.01 Å². The smallest absolute Gasteiger partial charge is 0.117 e. The van der Waals surface area contributed by atoms with E-state index in [9.17, 15) is 0 Å². The lowest BCUT2D eigenvalue weighted by atomic mass is 10.1. The zero-order valence-corrected chi connectivity index (χ0v) is 8.54. The van der Waals surface area contributed by atoms with Crippen LogP contribution in [0.1, 0.15) is 5.56 Å². The number of hydrazine groups is 1. The van der Waals surface area contributed by atoms with Crippen molar-refractivity contribution in [2.75, 3.05) is 13.1 Å². The first-order chi connectivity index (χ1) is 6.75. The van der Waals surface area contributed by atoms with Crippen molar-refractivity contribution in [3.05, 3.63) is 34.9 Å². The van der Waals surface area contributed by atoms with Crippen molar-refractivity contribution >= 4 is 17.4 Å². The highest BCUT2D eigenvalue weighted by Gasteiger charge is 2.12. The summed E-state index contributed by atoms with van der Waals surface area (Å²) in [5, 5.41) is 2.46. The van der Waals surface area contributed by atoms with Gasteiger partial charge in [0.1, 0.15) is 5.84 Å². The average Bonchev–Trinajstić information content (AvgIpc) is 2.56. The van der Waals surface area contributed by atoms with E-state index in [2.05, 4.69) is 4.99 Å². The van der Waals surface area contributed by atoms with Crippen molar-refractivity contribution in [3.63, 3.8) is 0 Å². The standard InChI is InChI=1S/C10H12ClN3/c11-9-3-1-8(2-4-9)7-10-13-5-6-14(10)12/h1-4H,5-7,12H2. The van der Waals surface area contributed by atoms with Crippen LogP contribution in [0.2, 0.25) is 5.02 Å². The van der Waals surface area contributed by atoms with Crippen molar-refractivity contribution in [2.45, 2.75) is 6.42 Å². The number of benzene rings is 1. The van der Waals surface area contributed by atoms with Gasteiger partial charge >= 0.3 is 0 Å². The highest BCUT2D eigenvalue weighted by Crippen LogP contribution is 2.11. The number of rotatable bonds is 2. The monoisotopic (exact) mass is 209 g/mol. The highest BCUT2D eigenvalue weighted by atomic mass is 35.5. The van der Waals surface area contributed by atoms with Crippen molar-refractivity contribution in [2.24, 2.45) is 10.8 Å². The van der Waals surface area contributed by atoms with Crippen LogP contribution in [0.25, 0.3) is 0 Å². The van der Waals surface area contributed by atoms with E-state index in [0.29, 0.717) is 0 Å². The van der Waals surface area contributed by atoms with Gasteiger partial charge in [-0.3, -0.25) is 10.0 Å². The molecule has 0 amide bonds. The maximum atomic E-state index is 5.79. The third kappa shape index (κ3) is 2.05. The molecule has 3 nitrogen and oxygen atoms in total. The zero-order chi connectivity index (χ0) is 9.97. The Morgan fingerprint density at radius 1 is 1.36 bits per heavy atom. The second kappa shape index (κ2) is 3.98. The molecule has 4 heteroatoms. The highest BCUT2D eigenvalue weighted by molar-refractivity contribution is 6.30. The van der Waals surface area contributed by atoms with Crippen LogP contribution in [0.15, 0.2) is 29.3 Å². The largest absolute Gasteiger partial charge is 0.297 e. The van der Waals surface area contributed by atoms with Crippen LogP contribution in [0, 0.1) is 0 Å². The second-order valence-electron chi connectivity index (χ2n) is 3.29. The normalized spacial score (nSPS) is 15.9. The number of hydrogen-bond acceptors (Lipinski definition) is 3. The van der Waals surface area contributed by atoms with Gasteiger partial charge in [0.05, 0.1) is 13.1 Å². The minimum absolute atomic E-state index is 0.756. The molecule has 0 fully saturated rings. The fraction of sp³-hybridized carbons (Fsp3) is 0.300. The van der Waals surface area contributed by atoms with Crippen LogP contribution in [-0.4, -0.2) is 23.9 Å². The van der Waals surface area contributed by atoms with E-state index in [0.717, 1.165) is 30.4 Å². The van der Waals surface area contributed by atoms with Gasteiger partial charge in [-0.25, -0.2) is 5.84 Å². The second-order valence-corrected chi connectivity index (χ2v) is 3.73. The van der Waals surface area contributed by atoms with Crippen LogP contribution >= 0.6 is 11.6 Å². The number of nitrogens with two attached hydrogens (primary N) is 1. The Kier molecular flexibility index (Phi) is 2.70. The molecular formula is C10H12ClN3. The first-order valence-electron chi connectivity index (χ1n) is 4.56. The SMILES string of the molecule is NN1CCN=C1Cc1ccc(Cl)cc1. The van der Waals surface area contributed by atoms with Crippen molar-refractivity contribution in [3.8, 4) is 0 Å². The van der Waals surface area contributed by atoms with E-state index >= 15 is 0 Å². The van der Waals surface area contributed by atoms with Crippen molar-refractivity contribution < 1.29 is 0 Å². The number of halogens is 1. The van der Waals surface area contributed by atoms with Gasteiger partial charge in [-0.05, 0) is 17.7 Å². The lowest BCUT2D eigenvalue weighted by Crippen LogP contribution is -2.35. The first-order valence-corrected chi connectivity index (χ1v) is 4.93. The molecule has 1 heterocycles. The number of hydrogen-bond donors (Lipinski definition) is 1. The van der Waals surface area contributed by atoms with Crippen LogP contribution in [0.5, 0.6) is 0 Å². The number of amidine groups is 1. The Bertz CT molecular complexity index is 345. The molecule has 0 aliphatic carbocycles. The fourth-order valence-corrected chi connectivity index (χ4v) is 1.57. The average molecular weight is 210 g/mol. The lowest BCUT2D eigenvalue weighted by Gasteiger charge is -2.12. The molecule has 0 unspecified atom stereocenters. The third-order valence-corrected chi connectivity index (χ3v) is 2.49. The van der Waals surface area contributed by atoms with Crippen LogP contribution < -0.4 is 5.84 Å². The maximum absolute atomic E-state index is 5.79. The third-order valence-electron chi connectivity index (χ3n) is 2.24. The summed E-state index contributed by atoms with van der Waals surface area (Å²) in [6, 6.07) is 7.76. The van der Waals surface area contributed by atoms with E-state index in [4.69, 9.17) is 17.4 Å². The Labute approximate surface area is 88.2 Å². The Morgan fingerprint density at radius 3 is 2.64 bits per heavy atom. The summed E-state index contributed by atoms with van der Waals surface area (Å²) in [5.74, 6) is 6.68. The molecule has 0 spiro atoms. The zero-order valence-electron chi connectivity index (χ0n) is 7.78. The van der Waals surface area contributed by atoms with Crippen LogP contribution in [0.4, 0.5) is 0 Å². The molecule has 0 saturated heterocycles. The van der Waals surface area contributed by atoms with E-state index in [1.807, 2.05) is 24.3 Å². The molecule has 14 heavy (non-hydrogen) atoms. The molecule has 2 rings (SSSR count). The molecular weight excluding hydrogens is 198 g/mol. The van der Waals surface area contributed by atoms with Crippen molar-refractivity contribution in [1.82, 2.24) is 5.01 Å². The summed E-state index contributed by atoms with van der Waals surface area (Å²) < 4.78 is 0. The summed E-state index contributed by atoms with van der Waals surface area (Å²) in [5.41, 5.74) is 1.19. The first kappa shape index (κ1) is 9.49. The summed E-state index contributed by atoms with van der Waals surface area (Å²) in [6.07, 6.45) is 0.785. The molecule has 0 saturated carbocycles. The van der Waals surface area contributed by atoms with E-state index in [-0.39, 0.29) is 0 Å². The molecule has 2 N–H and O–H groups in total. The quantitative estimate of drug-likeness (QED) is 0.750. The topological polar surface area (TPSA) is 41.6 Å². The molecule has 1 aliphatic heterocycles. The summed E-state index contributed by atoms with van der Waals surface area (Å²) in [4.78, 5) is 4.32. The minimum Gasteiger partial charge on any atom is -0.297 e. The van der Waals surface area contributed by atoms with Crippen molar-refractivity contribution in [1.29, 1.82) is 0 Å². The summed E-state index contributed by atoms with van der Waals surface area (Å²) >= 11 is 5.79. The van der Waals surface area contributed by atoms with Gasteiger partial charge < -0.3 is 0 Å². The van der Waals surface area contributed by atoms with Gasteiger partial charge in [0.15, 0.2) is 0 Å². The number of nitrogens with zero attached hydrogens (tertiary/aromatic N) is 2. The summed E-state index contributed by atoms with van der Waals surface area (Å²) in [6.45, 7) is 1.63. The van der Waals surface area contributed by atoms with Gasteiger partial charge in [0.2, 0.25) is 0 Å². The van der Waals surface area contributed by atoms with Gasteiger partial charge in [0.25, 0.3) is 0 Å². The molecule has 0 radical (unpaired) electrons.